The third-order valence-corrected chi connectivity index (χ3v) is 7.13. The minimum atomic E-state index is -1.24. The molecule has 2 N–H and O–H groups in total. The summed E-state index contributed by atoms with van der Waals surface area (Å²) in [6.45, 7) is 1.31. The summed E-state index contributed by atoms with van der Waals surface area (Å²) in [4.78, 5) is 59.9. The molecule has 2 aromatic heterocycles. The molecular formula is C26H26N4O7S. The summed E-state index contributed by atoms with van der Waals surface area (Å²) in [5.41, 5.74) is 1.38. The first-order valence-electron chi connectivity index (χ1n) is 11.7. The number of carbonyl (C=O) groups is 4. The Balaban J connectivity index is 1.54. The lowest BCUT2D eigenvalue weighted by molar-refractivity contribution is -0.114. The Morgan fingerprint density at radius 2 is 1.97 bits per heavy atom. The van der Waals surface area contributed by atoms with Crippen LogP contribution in [0.15, 0.2) is 36.5 Å². The Morgan fingerprint density at radius 3 is 2.61 bits per heavy atom. The highest BCUT2D eigenvalue weighted by atomic mass is 32.1. The van der Waals surface area contributed by atoms with Gasteiger partial charge in [-0.25, -0.2) is 14.8 Å². The van der Waals surface area contributed by atoms with E-state index in [0.717, 1.165) is 16.2 Å². The summed E-state index contributed by atoms with van der Waals surface area (Å²) in [7, 11) is 3.00. The predicted octanol–water partition coefficient (Wildman–Crippen LogP) is 4.22. The van der Waals surface area contributed by atoms with E-state index in [1.165, 1.54) is 39.5 Å². The van der Waals surface area contributed by atoms with Crippen LogP contribution in [0.2, 0.25) is 0 Å². The van der Waals surface area contributed by atoms with Crippen molar-refractivity contribution in [2.75, 3.05) is 24.4 Å². The van der Waals surface area contributed by atoms with Crippen LogP contribution in [0.25, 0.3) is 0 Å². The molecule has 2 heterocycles. The van der Waals surface area contributed by atoms with E-state index in [9.17, 15) is 24.3 Å². The molecule has 1 aliphatic carbocycles. The van der Waals surface area contributed by atoms with Crippen LogP contribution in [0.4, 0.5) is 15.7 Å². The first kappa shape index (κ1) is 26.7. The molecule has 1 aliphatic rings. The lowest BCUT2D eigenvalue weighted by Gasteiger charge is -2.20. The van der Waals surface area contributed by atoms with E-state index >= 15 is 0 Å². The Labute approximate surface area is 222 Å². The van der Waals surface area contributed by atoms with Gasteiger partial charge in [0.1, 0.15) is 17.3 Å². The first-order chi connectivity index (χ1) is 18.2. The molecule has 4 rings (SSSR count). The highest BCUT2D eigenvalue weighted by Crippen LogP contribution is 2.33. The van der Waals surface area contributed by atoms with Crippen LogP contribution in [-0.4, -0.2) is 52.9 Å². The topological polar surface area (TPSA) is 148 Å². The number of ketones is 2. The molecule has 1 atom stereocenters. The third-order valence-electron chi connectivity index (χ3n) is 6.11. The number of carboxylic acid groups (broad SMARTS) is 1. The highest BCUT2D eigenvalue weighted by Gasteiger charge is 2.34. The Bertz CT molecular complexity index is 1390. The average molecular weight is 539 g/mol. The van der Waals surface area contributed by atoms with E-state index in [4.69, 9.17) is 9.47 Å². The van der Waals surface area contributed by atoms with Crippen molar-refractivity contribution in [3.8, 4) is 11.5 Å². The maximum Gasteiger partial charge on any atom is 0.413 e. The van der Waals surface area contributed by atoms with Gasteiger partial charge in [0.15, 0.2) is 16.7 Å². The van der Waals surface area contributed by atoms with E-state index in [2.05, 4.69) is 15.3 Å². The third kappa shape index (κ3) is 5.65. The number of methoxy groups -OCH3 is 2. The highest BCUT2D eigenvalue weighted by molar-refractivity contribution is 7.17. The van der Waals surface area contributed by atoms with Crippen LogP contribution in [0.1, 0.15) is 51.1 Å². The molecular weight excluding hydrogens is 512 g/mol. The zero-order chi connectivity index (χ0) is 27.4. The van der Waals surface area contributed by atoms with Gasteiger partial charge in [0.25, 0.3) is 0 Å². The monoisotopic (exact) mass is 538 g/mol. The first-order valence-corrected chi connectivity index (χ1v) is 12.6. The number of nitrogens with one attached hydrogen (secondary N) is 1. The van der Waals surface area contributed by atoms with Gasteiger partial charge in [0.05, 0.1) is 37.3 Å². The average Bonchev–Trinajstić information content (AvgIpc) is 3.23. The lowest BCUT2D eigenvalue weighted by atomic mass is 9.91. The van der Waals surface area contributed by atoms with Gasteiger partial charge in [0, 0.05) is 30.3 Å². The summed E-state index contributed by atoms with van der Waals surface area (Å²) >= 11 is 1.07. The van der Waals surface area contributed by atoms with Crippen molar-refractivity contribution in [1.29, 1.82) is 0 Å². The van der Waals surface area contributed by atoms with Gasteiger partial charge in [-0.2, -0.15) is 0 Å². The smallest absolute Gasteiger partial charge is 0.413 e. The molecule has 11 nitrogen and oxygen atoms in total. The predicted molar refractivity (Wildman–Crippen MR) is 139 cm³/mol. The molecule has 0 fully saturated rings. The van der Waals surface area contributed by atoms with Crippen molar-refractivity contribution in [3.63, 3.8) is 0 Å². The maximum atomic E-state index is 13.3. The Hall–Kier alpha value is -4.32. The zero-order valence-electron chi connectivity index (χ0n) is 21.0. The molecule has 38 heavy (non-hydrogen) atoms. The fourth-order valence-corrected chi connectivity index (χ4v) is 5.28. The number of hydrogen-bond donors (Lipinski definition) is 2. The normalized spacial score (nSPS) is 14.7. The number of nitrogens with zero attached hydrogens (tertiary/aromatic N) is 3. The van der Waals surface area contributed by atoms with Gasteiger partial charge in [-0.05, 0) is 43.5 Å². The van der Waals surface area contributed by atoms with Gasteiger partial charge in [-0.1, -0.05) is 11.3 Å². The number of aromatic nitrogens is 2. The maximum absolute atomic E-state index is 13.3. The van der Waals surface area contributed by atoms with Crippen LogP contribution in [-0.2, 0) is 17.8 Å². The molecule has 2 amide bonds. The summed E-state index contributed by atoms with van der Waals surface area (Å²) in [5.74, 6) is -0.787. The van der Waals surface area contributed by atoms with E-state index in [1.54, 1.807) is 18.2 Å². The summed E-state index contributed by atoms with van der Waals surface area (Å²) < 4.78 is 10.6. The summed E-state index contributed by atoms with van der Waals surface area (Å²) in [6.07, 6.45) is 1.52. The van der Waals surface area contributed by atoms with Crippen molar-refractivity contribution in [2.24, 2.45) is 5.92 Å². The Morgan fingerprint density at radius 1 is 1.18 bits per heavy atom. The van der Waals surface area contributed by atoms with E-state index in [-0.39, 0.29) is 29.6 Å². The van der Waals surface area contributed by atoms with Crippen molar-refractivity contribution in [3.05, 3.63) is 58.2 Å². The number of pyridine rings is 1. The largest absolute Gasteiger partial charge is 0.497 e. The minimum absolute atomic E-state index is 0.0469. The zero-order valence-corrected chi connectivity index (χ0v) is 21.8. The van der Waals surface area contributed by atoms with Crippen LogP contribution < -0.4 is 19.7 Å². The number of thiazole rings is 1. The molecule has 0 saturated carbocycles. The number of hydrogen-bond acceptors (Lipinski definition) is 9. The molecule has 1 unspecified atom stereocenters. The van der Waals surface area contributed by atoms with E-state index < -0.39 is 17.8 Å². The van der Waals surface area contributed by atoms with Crippen molar-refractivity contribution in [2.45, 2.75) is 32.7 Å². The number of carbonyl (C=O) groups excluding carboxylic acids is 3. The molecule has 1 aromatic carbocycles. The fraction of sp³-hybridized carbons (Fsp3) is 0.308. The van der Waals surface area contributed by atoms with Crippen LogP contribution in [0, 0.1) is 5.92 Å². The number of ether oxygens (including phenoxy) is 2. The second-order valence-electron chi connectivity index (χ2n) is 8.60. The molecule has 0 aliphatic heterocycles. The van der Waals surface area contributed by atoms with E-state index in [1.807, 2.05) is 0 Å². The molecule has 0 bridgehead atoms. The second kappa shape index (κ2) is 11.4. The Kier molecular flexibility index (Phi) is 8.01. The van der Waals surface area contributed by atoms with Crippen LogP contribution in [0.3, 0.4) is 0 Å². The molecule has 198 valence electrons. The number of anilines is 2. The van der Waals surface area contributed by atoms with Gasteiger partial charge in [-0.3, -0.25) is 19.3 Å². The van der Waals surface area contributed by atoms with Crippen molar-refractivity contribution in [1.82, 2.24) is 9.97 Å². The molecule has 12 heteroatoms. The van der Waals surface area contributed by atoms with Gasteiger partial charge >= 0.3 is 6.09 Å². The molecule has 3 aromatic rings. The lowest BCUT2D eigenvalue weighted by Crippen LogP contribution is -2.30. The van der Waals surface area contributed by atoms with Crippen molar-refractivity contribution < 1.29 is 33.8 Å². The standard InChI is InChI=1S/C26H26N4O7S/c1-14(31)28-25-29-19-6-4-5-18(23(33)24(19)38-25)22(32)15-8-10-21(27-12-15)30(26(34)35)13-16-7-9-17(36-2)11-20(16)37-3/h7-12,18H,4-6,13H2,1-3H3,(H,34,35)(H,28,29,31). The number of aryl methyl sites for hydroxylation is 1. The number of fused-ring (bicyclic) bond motifs is 1. The molecule has 0 radical (unpaired) electrons. The summed E-state index contributed by atoms with van der Waals surface area (Å²) in [6, 6.07) is 7.96. The van der Waals surface area contributed by atoms with Crippen LogP contribution >= 0.6 is 11.3 Å². The number of rotatable bonds is 8. The van der Waals surface area contributed by atoms with Crippen molar-refractivity contribution >= 4 is 45.9 Å². The summed E-state index contributed by atoms with van der Waals surface area (Å²) in [5, 5.41) is 12.7. The minimum Gasteiger partial charge on any atom is -0.497 e. The molecule has 0 spiro atoms. The quantitative estimate of drug-likeness (QED) is 0.244. The van der Waals surface area contributed by atoms with Crippen LogP contribution in [0.5, 0.6) is 11.5 Å². The fourth-order valence-electron chi connectivity index (χ4n) is 4.22. The SMILES string of the molecule is COc1ccc(CN(C(=O)O)c2ccc(C(=O)C3CCCc4nc(NC(C)=O)sc4C3=O)cn2)c(OC)c1. The molecule has 0 saturated heterocycles. The van der Waals surface area contributed by atoms with Gasteiger partial charge < -0.3 is 19.9 Å². The number of amides is 2. The number of Topliss-reactive ketones (excluding diaryl/α,β-unsaturated/α-hetero) is 2. The van der Waals surface area contributed by atoms with E-state index in [0.29, 0.717) is 52.0 Å². The second-order valence-corrected chi connectivity index (χ2v) is 9.60. The number of benzene rings is 1. The van der Waals surface area contributed by atoms with Gasteiger partial charge in [-0.15, -0.1) is 0 Å². The van der Waals surface area contributed by atoms with Gasteiger partial charge in [0.2, 0.25) is 5.91 Å².